The molecule has 0 aromatic rings. The Bertz CT molecular complexity index is 11.5. The summed E-state index contributed by atoms with van der Waals surface area (Å²) >= 11 is 0. The predicted octanol–water partition coefficient (Wildman–Crippen LogP) is 0.926. The van der Waals surface area contributed by atoms with Gasteiger partial charge in [0.05, 0.1) is 0 Å². The first-order chi connectivity index (χ1) is 2.41. The third kappa shape index (κ3) is 173. The second kappa shape index (κ2) is 46.8. The molecule has 2 heteroatoms. The maximum absolute atomic E-state index is 4.72. The maximum Gasteiger partial charge on any atom is 0 e. The van der Waals surface area contributed by atoms with Crippen molar-refractivity contribution < 1.29 is 26.2 Å². The molecule has 0 atom stereocenters. The molecule has 0 aliphatic carbocycles. The van der Waals surface area contributed by atoms with Gasteiger partial charge in [-0.1, -0.05) is 0 Å². The van der Waals surface area contributed by atoms with E-state index in [9.17, 15) is 0 Å². The first-order valence-electron chi connectivity index (χ1n) is 1.41. The topological polar surface area (TPSA) is 26.0 Å². The first-order valence-corrected chi connectivity index (χ1v) is 1.41. The predicted molar refractivity (Wildman–Crippen MR) is 25.4 cm³/mol. The molecule has 0 rings (SSSR count). The standard InChI is InChI=1S/C2H6N.C2H4.Zr/c1-2-3;1-2;/h2H,3H2,1H3;1-2H2;/q-1;;. The van der Waals surface area contributed by atoms with Crippen LogP contribution in [0, 0.1) is 6.54 Å². The molecule has 0 aromatic carbocycles. The molecule has 0 spiro atoms. The SMILES string of the molecule is C=C.C[CH-]N.[Zr]. The molecule has 36 valence electrons. The van der Waals surface area contributed by atoms with Crippen molar-refractivity contribution in [1.82, 2.24) is 0 Å². The van der Waals surface area contributed by atoms with E-state index in [4.69, 9.17) is 5.73 Å². The van der Waals surface area contributed by atoms with E-state index in [1.54, 1.807) is 6.92 Å². The monoisotopic (exact) mass is 162 g/mol. The number of hydrogen-bond donors (Lipinski definition) is 1. The van der Waals surface area contributed by atoms with E-state index < -0.39 is 0 Å². The molecule has 0 radical (unpaired) electrons. The summed E-state index contributed by atoms with van der Waals surface area (Å²) in [5.41, 5.74) is 4.72. The fourth-order valence-electron chi connectivity index (χ4n) is 0. The van der Waals surface area contributed by atoms with Gasteiger partial charge >= 0.3 is 0 Å². The summed E-state index contributed by atoms with van der Waals surface area (Å²) in [5, 5.41) is 0. The van der Waals surface area contributed by atoms with Gasteiger partial charge in [0, 0.05) is 26.2 Å². The van der Waals surface area contributed by atoms with Crippen molar-refractivity contribution in [3.05, 3.63) is 19.7 Å². The Kier molecular flexibility index (Phi) is 125. The smallest absolute Gasteiger partial charge is 0 e. The Morgan fingerprint density at radius 1 is 1.50 bits per heavy atom. The quantitative estimate of drug-likeness (QED) is 0.417. The van der Waals surface area contributed by atoms with Gasteiger partial charge in [-0.25, -0.2) is 0 Å². The van der Waals surface area contributed by atoms with Crippen LogP contribution in [0.4, 0.5) is 0 Å². The molecule has 0 bridgehead atoms. The van der Waals surface area contributed by atoms with Crippen molar-refractivity contribution in [3.63, 3.8) is 0 Å². The molecular formula is C4H10NZr-. The molecule has 6 heavy (non-hydrogen) atoms. The van der Waals surface area contributed by atoms with Crippen LogP contribution in [0.25, 0.3) is 0 Å². The van der Waals surface area contributed by atoms with Gasteiger partial charge in [-0.2, -0.15) is 6.92 Å². The Labute approximate surface area is 58.7 Å². The zero-order valence-corrected chi connectivity index (χ0v) is 6.53. The van der Waals surface area contributed by atoms with Crippen molar-refractivity contribution in [2.45, 2.75) is 6.92 Å². The molecule has 0 saturated carbocycles. The van der Waals surface area contributed by atoms with Crippen molar-refractivity contribution in [2.24, 2.45) is 5.73 Å². The van der Waals surface area contributed by atoms with Crippen LogP contribution in [0.5, 0.6) is 0 Å². The van der Waals surface area contributed by atoms with E-state index in [2.05, 4.69) is 13.2 Å². The Morgan fingerprint density at radius 3 is 1.50 bits per heavy atom. The average molecular weight is 163 g/mol. The molecular weight excluding hydrogens is 153 g/mol. The third-order valence-electron chi connectivity index (χ3n) is 0. The molecule has 2 N–H and O–H groups in total. The van der Waals surface area contributed by atoms with E-state index in [1.165, 1.54) is 6.54 Å². The van der Waals surface area contributed by atoms with Gasteiger partial charge in [0.1, 0.15) is 0 Å². The summed E-state index contributed by atoms with van der Waals surface area (Å²) in [7, 11) is 0. The van der Waals surface area contributed by atoms with Crippen LogP contribution in [-0.4, -0.2) is 0 Å². The van der Waals surface area contributed by atoms with Gasteiger partial charge < -0.3 is 5.73 Å². The van der Waals surface area contributed by atoms with Crippen molar-refractivity contribution in [1.29, 1.82) is 0 Å². The van der Waals surface area contributed by atoms with E-state index in [0.29, 0.717) is 0 Å². The Balaban J connectivity index is -0.0000000275. The van der Waals surface area contributed by atoms with E-state index >= 15 is 0 Å². The maximum atomic E-state index is 4.72. The molecule has 0 aliphatic rings. The minimum absolute atomic E-state index is 0. The first kappa shape index (κ1) is 16.0. The molecule has 0 unspecified atom stereocenters. The second-order valence-corrected chi connectivity index (χ2v) is 0.333. The molecule has 0 aliphatic heterocycles. The number of rotatable bonds is 0. The normalized spacial score (nSPS) is 3.67. The minimum Gasteiger partial charge on any atom is -0.484 e. The summed E-state index contributed by atoms with van der Waals surface area (Å²) in [6.45, 7) is 9.28. The second-order valence-electron chi connectivity index (χ2n) is 0.333. The number of hydrogen-bond acceptors (Lipinski definition) is 1. The van der Waals surface area contributed by atoms with E-state index in [-0.39, 0.29) is 26.2 Å². The van der Waals surface area contributed by atoms with Crippen molar-refractivity contribution in [3.8, 4) is 0 Å². The Hall–Kier alpha value is 0.583. The molecule has 0 amide bonds. The Morgan fingerprint density at radius 2 is 1.50 bits per heavy atom. The third-order valence-corrected chi connectivity index (χ3v) is 0. The minimum atomic E-state index is 0. The van der Waals surface area contributed by atoms with Crippen LogP contribution in [0.15, 0.2) is 13.2 Å². The van der Waals surface area contributed by atoms with Crippen LogP contribution in [0.3, 0.4) is 0 Å². The van der Waals surface area contributed by atoms with Gasteiger partial charge in [0.15, 0.2) is 0 Å². The van der Waals surface area contributed by atoms with Gasteiger partial charge in [-0.3, -0.25) is 6.54 Å². The van der Waals surface area contributed by atoms with Crippen LogP contribution in [0.2, 0.25) is 0 Å². The fourth-order valence-corrected chi connectivity index (χ4v) is 0. The zero-order valence-electron chi connectivity index (χ0n) is 4.07. The summed E-state index contributed by atoms with van der Waals surface area (Å²) in [6, 6.07) is 0. The molecule has 1 nitrogen and oxygen atoms in total. The summed E-state index contributed by atoms with van der Waals surface area (Å²) in [6.07, 6.45) is 0. The molecule has 0 heterocycles. The van der Waals surface area contributed by atoms with Gasteiger partial charge in [0.2, 0.25) is 0 Å². The van der Waals surface area contributed by atoms with Crippen molar-refractivity contribution in [2.75, 3.05) is 0 Å². The zero-order chi connectivity index (χ0) is 4.71. The number of nitrogens with two attached hydrogens (primary N) is 1. The average Bonchev–Trinajstić information content (AvgIpc) is 1.46. The van der Waals surface area contributed by atoms with Crippen LogP contribution < -0.4 is 5.73 Å². The van der Waals surface area contributed by atoms with Crippen LogP contribution in [0.1, 0.15) is 6.92 Å². The van der Waals surface area contributed by atoms with Gasteiger partial charge in [0.25, 0.3) is 0 Å². The van der Waals surface area contributed by atoms with Gasteiger partial charge in [-0.15, -0.1) is 13.2 Å². The summed E-state index contributed by atoms with van der Waals surface area (Å²) in [4.78, 5) is 0. The van der Waals surface area contributed by atoms with E-state index in [1.807, 2.05) is 0 Å². The molecule has 0 fully saturated rings. The summed E-state index contributed by atoms with van der Waals surface area (Å²) in [5.74, 6) is 0. The fraction of sp³-hybridized carbons (Fsp3) is 0.250. The van der Waals surface area contributed by atoms with Crippen molar-refractivity contribution >= 4 is 0 Å². The van der Waals surface area contributed by atoms with E-state index in [0.717, 1.165) is 0 Å². The van der Waals surface area contributed by atoms with Gasteiger partial charge in [-0.05, 0) is 0 Å². The largest absolute Gasteiger partial charge is 0.484 e. The van der Waals surface area contributed by atoms with Crippen LogP contribution in [-0.2, 0) is 26.2 Å². The summed E-state index contributed by atoms with van der Waals surface area (Å²) < 4.78 is 0. The van der Waals surface area contributed by atoms with Crippen LogP contribution >= 0.6 is 0 Å². The molecule has 0 saturated heterocycles. The molecule has 0 aromatic heterocycles.